The summed E-state index contributed by atoms with van der Waals surface area (Å²) < 4.78 is 10.7. The summed E-state index contributed by atoms with van der Waals surface area (Å²) in [6.45, 7) is 4.04. The Balaban J connectivity index is 1.88. The van der Waals surface area contributed by atoms with Gasteiger partial charge >= 0.3 is 5.97 Å². The van der Waals surface area contributed by atoms with E-state index in [1.54, 1.807) is 31.3 Å². The number of hydrogen-bond acceptors (Lipinski definition) is 5. The molecule has 0 heterocycles. The van der Waals surface area contributed by atoms with Crippen molar-refractivity contribution in [2.24, 2.45) is 0 Å². The number of benzene rings is 1. The molecule has 0 N–H and O–H groups in total. The number of nitriles is 1. The normalized spacial score (nSPS) is 15.8. The molecule has 1 saturated carbocycles. The fraction of sp³-hybridized carbons (Fsp3) is 0.571. The molecule has 0 saturated heterocycles. The van der Waals surface area contributed by atoms with E-state index >= 15 is 0 Å². The Morgan fingerprint density at radius 2 is 1.81 bits per heavy atom. The summed E-state index contributed by atoms with van der Waals surface area (Å²) in [4.78, 5) is 26.1. The number of likely N-dealkylation sites (N-methyl/N-ethyl adjacent to an activating group) is 1. The minimum atomic E-state index is -0.778. The van der Waals surface area contributed by atoms with Gasteiger partial charge in [-0.1, -0.05) is 31.4 Å². The third kappa shape index (κ3) is 5.54. The topological polar surface area (TPSA) is 79.6 Å². The summed E-state index contributed by atoms with van der Waals surface area (Å²) in [7, 11) is 1.62. The van der Waals surface area contributed by atoms with Crippen LogP contribution < -0.4 is 0 Å². The average Bonchev–Trinajstić information content (AvgIpc) is 2.70. The van der Waals surface area contributed by atoms with E-state index in [9.17, 15) is 14.9 Å². The van der Waals surface area contributed by atoms with Crippen LogP contribution in [0.25, 0.3) is 0 Å². The van der Waals surface area contributed by atoms with Crippen molar-refractivity contribution in [2.75, 3.05) is 13.7 Å². The van der Waals surface area contributed by atoms with E-state index in [2.05, 4.69) is 6.07 Å². The SMILES string of the molecule is CC(C)OCc1ccc(C(=O)OCC(=O)N(C)C2(C#N)CCCCC2)cc1. The molecule has 0 aromatic heterocycles. The monoisotopic (exact) mass is 372 g/mol. The number of nitrogens with zero attached hydrogens (tertiary/aromatic N) is 2. The van der Waals surface area contributed by atoms with Crippen molar-refractivity contribution in [3.8, 4) is 6.07 Å². The lowest BCUT2D eigenvalue weighted by Gasteiger charge is -2.38. The van der Waals surface area contributed by atoms with Crippen LogP contribution in [0.1, 0.15) is 61.9 Å². The number of esters is 1. The first-order chi connectivity index (χ1) is 12.9. The highest BCUT2D eigenvalue weighted by Gasteiger charge is 2.39. The fourth-order valence-corrected chi connectivity index (χ4v) is 3.20. The highest BCUT2D eigenvalue weighted by molar-refractivity contribution is 5.91. The van der Waals surface area contributed by atoms with Gasteiger partial charge in [0.2, 0.25) is 0 Å². The predicted molar refractivity (Wildman–Crippen MR) is 101 cm³/mol. The van der Waals surface area contributed by atoms with Crippen LogP contribution in [0.4, 0.5) is 0 Å². The van der Waals surface area contributed by atoms with Gasteiger partial charge in [0.15, 0.2) is 6.61 Å². The van der Waals surface area contributed by atoms with Crippen LogP contribution >= 0.6 is 0 Å². The fourth-order valence-electron chi connectivity index (χ4n) is 3.20. The maximum atomic E-state index is 12.4. The number of carbonyl (C=O) groups is 2. The molecule has 1 aromatic rings. The quantitative estimate of drug-likeness (QED) is 0.685. The molecule has 0 spiro atoms. The van der Waals surface area contributed by atoms with Crippen molar-refractivity contribution in [2.45, 2.75) is 64.2 Å². The third-order valence-corrected chi connectivity index (χ3v) is 5.00. The number of hydrogen-bond donors (Lipinski definition) is 0. The van der Waals surface area contributed by atoms with Crippen LogP contribution in [0.5, 0.6) is 0 Å². The zero-order chi connectivity index (χ0) is 19.9. The molecular weight excluding hydrogens is 344 g/mol. The largest absolute Gasteiger partial charge is 0.452 e. The van der Waals surface area contributed by atoms with Crippen LogP contribution in [0.3, 0.4) is 0 Å². The molecule has 1 amide bonds. The summed E-state index contributed by atoms with van der Waals surface area (Å²) in [5, 5.41) is 9.56. The zero-order valence-corrected chi connectivity index (χ0v) is 16.4. The molecule has 6 nitrogen and oxygen atoms in total. The van der Waals surface area contributed by atoms with Crippen molar-refractivity contribution >= 4 is 11.9 Å². The molecule has 0 atom stereocenters. The van der Waals surface area contributed by atoms with Crippen molar-refractivity contribution in [3.63, 3.8) is 0 Å². The molecule has 27 heavy (non-hydrogen) atoms. The van der Waals surface area contributed by atoms with Gasteiger partial charge in [-0.3, -0.25) is 4.79 Å². The van der Waals surface area contributed by atoms with Gasteiger partial charge in [0.25, 0.3) is 5.91 Å². The summed E-state index contributed by atoms with van der Waals surface area (Å²) in [5.74, 6) is -0.906. The first-order valence-electron chi connectivity index (χ1n) is 9.43. The van der Waals surface area contributed by atoms with E-state index in [1.165, 1.54) is 4.90 Å². The molecule has 0 bridgehead atoms. The van der Waals surface area contributed by atoms with E-state index in [1.807, 2.05) is 13.8 Å². The molecule has 1 aliphatic rings. The molecule has 0 unspecified atom stereocenters. The Labute approximate surface area is 161 Å². The van der Waals surface area contributed by atoms with Gasteiger partial charge in [-0.05, 0) is 44.4 Å². The summed E-state index contributed by atoms with van der Waals surface area (Å²) in [5.41, 5.74) is 0.565. The van der Waals surface area contributed by atoms with E-state index in [0.29, 0.717) is 25.0 Å². The highest BCUT2D eigenvalue weighted by atomic mass is 16.5. The van der Waals surface area contributed by atoms with Crippen molar-refractivity contribution in [1.82, 2.24) is 4.90 Å². The Bertz CT molecular complexity index is 685. The average molecular weight is 372 g/mol. The van der Waals surface area contributed by atoms with Crippen LogP contribution in [0, 0.1) is 11.3 Å². The molecule has 1 aromatic carbocycles. The van der Waals surface area contributed by atoms with Gasteiger partial charge in [0.05, 0.1) is 24.3 Å². The van der Waals surface area contributed by atoms with Gasteiger partial charge in [-0.15, -0.1) is 0 Å². The lowest BCUT2D eigenvalue weighted by molar-refractivity contribution is -0.138. The molecule has 146 valence electrons. The molecule has 0 aliphatic heterocycles. The van der Waals surface area contributed by atoms with E-state index < -0.39 is 11.5 Å². The van der Waals surface area contributed by atoms with Crippen molar-refractivity contribution in [1.29, 1.82) is 5.26 Å². The van der Waals surface area contributed by atoms with Crippen molar-refractivity contribution in [3.05, 3.63) is 35.4 Å². The first kappa shape index (κ1) is 20.9. The van der Waals surface area contributed by atoms with Gasteiger partial charge < -0.3 is 14.4 Å². The van der Waals surface area contributed by atoms with Crippen LogP contribution in [0.15, 0.2) is 24.3 Å². The maximum Gasteiger partial charge on any atom is 0.338 e. The molecule has 1 fully saturated rings. The Morgan fingerprint density at radius 1 is 1.19 bits per heavy atom. The van der Waals surface area contributed by atoms with E-state index in [4.69, 9.17) is 9.47 Å². The van der Waals surface area contributed by atoms with E-state index in [-0.39, 0.29) is 18.6 Å². The third-order valence-electron chi connectivity index (χ3n) is 5.00. The predicted octanol–water partition coefficient (Wildman–Crippen LogP) is 3.45. The Morgan fingerprint density at radius 3 is 2.37 bits per heavy atom. The number of amides is 1. The van der Waals surface area contributed by atoms with E-state index in [0.717, 1.165) is 24.8 Å². The lowest BCUT2D eigenvalue weighted by Crippen LogP contribution is -2.51. The molecule has 1 aliphatic carbocycles. The Kier molecular flexibility index (Phi) is 7.37. The smallest absolute Gasteiger partial charge is 0.338 e. The standard InChI is InChI=1S/C21H28N2O4/c1-16(2)26-13-17-7-9-18(10-8-17)20(25)27-14-19(24)23(3)21(15-22)11-5-4-6-12-21/h7-10,16H,4-6,11-14H2,1-3H3. The summed E-state index contributed by atoms with van der Waals surface area (Å²) >= 11 is 0. The highest BCUT2D eigenvalue weighted by Crippen LogP contribution is 2.32. The molecule has 0 radical (unpaired) electrons. The number of rotatable bonds is 7. The second kappa shape index (κ2) is 9.52. The lowest BCUT2D eigenvalue weighted by atomic mass is 9.81. The number of ether oxygens (including phenoxy) is 2. The van der Waals surface area contributed by atoms with Gasteiger partial charge in [-0.25, -0.2) is 4.79 Å². The summed E-state index contributed by atoms with van der Waals surface area (Å²) in [6, 6.07) is 9.23. The second-order valence-electron chi connectivity index (χ2n) is 7.29. The van der Waals surface area contributed by atoms with Crippen LogP contribution in [-0.2, 0) is 20.9 Å². The minimum Gasteiger partial charge on any atom is -0.452 e. The van der Waals surface area contributed by atoms with Crippen LogP contribution in [0.2, 0.25) is 0 Å². The van der Waals surface area contributed by atoms with Crippen molar-refractivity contribution < 1.29 is 19.1 Å². The van der Waals surface area contributed by atoms with Gasteiger partial charge in [-0.2, -0.15) is 5.26 Å². The number of carbonyl (C=O) groups excluding carboxylic acids is 2. The second-order valence-corrected chi connectivity index (χ2v) is 7.29. The Hall–Kier alpha value is -2.39. The van der Waals surface area contributed by atoms with Crippen LogP contribution in [-0.4, -0.2) is 42.1 Å². The first-order valence-corrected chi connectivity index (χ1v) is 9.43. The zero-order valence-electron chi connectivity index (χ0n) is 16.4. The molecule has 6 heteroatoms. The summed E-state index contributed by atoms with van der Waals surface area (Å²) in [6.07, 6.45) is 4.41. The van der Waals surface area contributed by atoms with Gasteiger partial charge in [0.1, 0.15) is 5.54 Å². The maximum absolute atomic E-state index is 12.4. The van der Waals surface area contributed by atoms with Gasteiger partial charge in [0, 0.05) is 7.05 Å². The minimum absolute atomic E-state index is 0.138. The molecule has 2 rings (SSSR count). The molecular formula is C21H28N2O4.